The number of rotatable bonds is 3. The van der Waals surface area contributed by atoms with Crippen molar-refractivity contribution in [3.05, 3.63) is 46.8 Å². The average Bonchev–Trinajstić information content (AvgIpc) is 3.35. The summed E-state index contributed by atoms with van der Waals surface area (Å²) in [5, 5.41) is 11.9. The number of nitrogens with zero attached hydrogens (tertiary/aromatic N) is 6. The number of carbonyl (C=O) groups excluding carboxylic acids is 1. The molecule has 11 nitrogen and oxygen atoms in total. The minimum Gasteiger partial charge on any atom is -0.461 e. The zero-order valence-electron chi connectivity index (χ0n) is 26.3. The summed E-state index contributed by atoms with van der Waals surface area (Å²) in [5.41, 5.74) is 2.68. The SMILES string of the molecule is O=C1N[C@@H]2CCCN(C2)c2nc(OC[C@@]34CCCN3C/C(=C\F)C4)nc3c(F)c(ncc23)-c2c(c(Cl)cc3[nH]ncc23)[C@@H]2C[C@@H]2CCO1. The average molecular weight is 677 g/mol. The Labute approximate surface area is 280 Å². The van der Waals surface area contributed by atoms with Gasteiger partial charge in [0.25, 0.3) is 0 Å². The number of pyridine rings is 1. The van der Waals surface area contributed by atoms with Gasteiger partial charge in [0.1, 0.15) is 23.6 Å². The number of ether oxygens (including phenoxy) is 2. The molecule has 0 radical (unpaired) electrons. The maximum absolute atomic E-state index is 17.2. The van der Waals surface area contributed by atoms with Crippen LogP contribution in [0.1, 0.15) is 56.4 Å². The van der Waals surface area contributed by atoms with Crippen molar-refractivity contribution in [3.8, 4) is 17.3 Å². The third-order valence-electron chi connectivity index (χ3n) is 11.0. The summed E-state index contributed by atoms with van der Waals surface area (Å²) < 4.78 is 42.7. The fraction of sp³-hybridized carbons (Fsp3) is 0.500. The Kier molecular flexibility index (Phi) is 7.19. The zero-order valence-corrected chi connectivity index (χ0v) is 27.0. The van der Waals surface area contributed by atoms with Crippen molar-refractivity contribution >= 4 is 45.3 Å². The second-order valence-corrected chi connectivity index (χ2v) is 14.3. The molecule has 0 unspecified atom stereocenters. The maximum Gasteiger partial charge on any atom is 0.407 e. The number of H-pyrrole nitrogens is 1. The van der Waals surface area contributed by atoms with E-state index in [1.807, 2.05) is 11.0 Å². The monoisotopic (exact) mass is 676 g/mol. The number of hydrogen-bond donors (Lipinski definition) is 2. The van der Waals surface area contributed by atoms with Gasteiger partial charge in [0.2, 0.25) is 0 Å². The fourth-order valence-corrected chi connectivity index (χ4v) is 8.91. The number of fused-ring (bicyclic) bond motifs is 7. The van der Waals surface area contributed by atoms with Gasteiger partial charge >= 0.3 is 12.1 Å². The molecule has 10 rings (SSSR count). The topological polar surface area (TPSA) is 121 Å². The Hall–Kier alpha value is -4.10. The van der Waals surface area contributed by atoms with E-state index in [-0.39, 0.29) is 53.9 Å². The predicted octanol–water partition coefficient (Wildman–Crippen LogP) is 6.03. The lowest BCUT2D eigenvalue weighted by molar-refractivity contribution is 0.108. The van der Waals surface area contributed by atoms with Gasteiger partial charge in [-0.3, -0.25) is 15.0 Å². The van der Waals surface area contributed by atoms with Crippen LogP contribution in [0, 0.1) is 11.7 Å². The molecular weight excluding hydrogens is 642 g/mol. The molecular formula is C34H35ClF2N8O3. The van der Waals surface area contributed by atoms with Gasteiger partial charge in [0, 0.05) is 47.8 Å². The molecule has 5 aliphatic heterocycles. The second kappa shape index (κ2) is 11.5. The van der Waals surface area contributed by atoms with E-state index >= 15 is 4.39 Å². The molecule has 0 spiro atoms. The number of aromatic amines is 1. The quantitative estimate of drug-likeness (QED) is 0.268. The molecule has 2 N–H and O–H groups in total. The van der Waals surface area contributed by atoms with Gasteiger partial charge in [-0.1, -0.05) is 11.6 Å². The standard InChI is InChI=1S/C34H35ClF2N8O3/c35-24-10-25-22(14-39-43-25)27-26(24)21-9-19(21)4-8-47-33(46)40-20-3-1-6-44(16-20)31-23-13-38-30(27)28(37)29(23)41-32(42-31)48-17-34-5-2-7-45(34)15-18(11-34)12-36/h10,12-14,19-21H,1-9,11,15-17H2,(H,39,43)(H,40,46)/b18-12-/t19-,20+,21+,34-/m0/s1. The summed E-state index contributed by atoms with van der Waals surface area (Å²) in [6.07, 6.45) is 9.04. The van der Waals surface area contributed by atoms with Gasteiger partial charge in [-0.25, -0.2) is 13.6 Å². The first-order valence-corrected chi connectivity index (χ1v) is 17.1. The van der Waals surface area contributed by atoms with E-state index in [1.165, 1.54) is 0 Å². The minimum absolute atomic E-state index is 0.0412. The second-order valence-electron chi connectivity index (χ2n) is 13.9. The molecule has 4 atom stereocenters. The van der Waals surface area contributed by atoms with Crippen LogP contribution >= 0.6 is 11.6 Å². The number of halogens is 3. The lowest BCUT2D eigenvalue weighted by Crippen LogP contribution is -2.48. The van der Waals surface area contributed by atoms with Crippen molar-refractivity contribution in [2.24, 2.45) is 5.92 Å². The largest absolute Gasteiger partial charge is 0.461 e. The van der Waals surface area contributed by atoms with E-state index in [9.17, 15) is 9.18 Å². The van der Waals surface area contributed by atoms with E-state index in [2.05, 4.69) is 25.4 Å². The van der Waals surface area contributed by atoms with Gasteiger partial charge < -0.3 is 19.7 Å². The van der Waals surface area contributed by atoms with Gasteiger partial charge in [-0.2, -0.15) is 15.1 Å². The normalized spacial score (nSPS) is 28.0. The van der Waals surface area contributed by atoms with Crippen molar-refractivity contribution < 1.29 is 23.0 Å². The Morgan fingerprint density at radius 3 is 3.00 bits per heavy atom. The van der Waals surface area contributed by atoms with Crippen molar-refractivity contribution in [2.75, 3.05) is 44.3 Å². The van der Waals surface area contributed by atoms with Gasteiger partial charge in [-0.15, -0.1) is 0 Å². The fourth-order valence-electron chi connectivity index (χ4n) is 8.56. The number of hydrogen-bond acceptors (Lipinski definition) is 9. The first kappa shape index (κ1) is 30.0. The van der Waals surface area contributed by atoms with Crippen molar-refractivity contribution in [2.45, 2.75) is 62.4 Å². The zero-order chi connectivity index (χ0) is 32.6. The lowest BCUT2D eigenvalue weighted by atomic mass is 9.94. The first-order valence-electron chi connectivity index (χ1n) is 16.8. The van der Waals surface area contributed by atoms with E-state index < -0.39 is 11.9 Å². The summed E-state index contributed by atoms with van der Waals surface area (Å²) >= 11 is 6.93. The molecule has 48 heavy (non-hydrogen) atoms. The molecule has 6 aliphatic rings. The summed E-state index contributed by atoms with van der Waals surface area (Å²) in [4.78, 5) is 31.4. The molecule has 4 fully saturated rings. The van der Waals surface area contributed by atoms with Crippen molar-refractivity contribution in [1.29, 1.82) is 0 Å². The van der Waals surface area contributed by atoms with Gasteiger partial charge in [-0.05, 0) is 80.5 Å². The third-order valence-corrected chi connectivity index (χ3v) is 11.3. The molecule has 3 saturated heterocycles. The molecule has 1 saturated carbocycles. The molecule has 8 heterocycles. The van der Waals surface area contributed by atoms with Crippen molar-refractivity contribution in [1.82, 2.24) is 35.4 Å². The number of amides is 1. The predicted molar refractivity (Wildman–Crippen MR) is 175 cm³/mol. The highest BCUT2D eigenvalue weighted by molar-refractivity contribution is 6.33. The molecule has 250 valence electrons. The van der Waals surface area contributed by atoms with E-state index in [1.54, 1.807) is 12.4 Å². The highest BCUT2D eigenvalue weighted by Crippen LogP contribution is 2.56. The molecule has 6 bridgehead atoms. The molecule has 1 aliphatic carbocycles. The Morgan fingerprint density at radius 2 is 2.10 bits per heavy atom. The summed E-state index contributed by atoms with van der Waals surface area (Å²) in [6, 6.07) is 1.68. The summed E-state index contributed by atoms with van der Waals surface area (Å²) in [6.45, 7) is 3.06. The van der Waals surface area contributed by atoms with Crippen LogP contribution in [0.5, 0.6) is 6.01 Å². The maximum atomic E-state index is 17.2. The van der Waals surface area contributed by atoms with Crippen LogP contribution in [0.25, 0.3) is 33.1 Å². The van der Waals surface area contributed by atoms with Gasteiger partial charge in [0.15, 0.2) is 5.82 Å². The summed E-state index contributed by atoms with van der Waals surface area (Å²) in [5.74, 6) is 0.146. The van der Waals surface area contributed by atoms with Crippen LogP contribution in [0.2, 0.25) is 5.02 Å². The molecule has 3 aromatic heterocycles. The van der Waals surface area contributed by atoms with Crippen LogP contribution in [-0.4, -0.2) is 87.1 Å². The smallest absolute Gasteiger partial charge is 0.407 e. The van der Waals surface area contributed by atoms with Crippen LogP contribution in [0.15, 0.2) is 30.4 Å². The van der Waals surface area contributed by atoms with Crippen LogP contribution in [0.3, 0.4) is 0 Å². The number of alkyl carbamates (subject to hydrolysis) is 1. The van der Waals surface area contributed by atoms with E-state index in [4.69, 9.17) is 31.0 Å². The number of nitrogens with one attached hydrogen (secondary N) is 2. The minimum atomic E-state index is -0.595. The number of piperidine rings is 1. The van der Waals surface area contributed by atoms with E-state index in [0.29, 0.717) is 71.5 Å². The molecule has 4 aromatic rings. The Balaban J connectivity index is 1.20. The number of carbonyl (C=O) groups is 1. The molecule has 14 heteroatoms. The highest BCUT2D eigenvalue weighted by atomic mass is 35.5. The third kappa shape index (κ3) is 4.96. The highest BCUT2D eigenvalue weighted by Gasteiger charge is 2.47. The molecule has 1 amide bonds. The van der Waals surface area contributed by atoms with Crippen molar-refractivity contribution in [3.63, 3.8) is 0 Å². The molecule has 1 aromatic carbocycles. The van der Waals surface area contributed by atoms with Gasteiger partial charge in [0.05, 0.1) is 35.6 Å². The number of aromatic nitrogens is 5. The first-order chi connectivity index (χ1) is 23.4. The Bertz CT molecular complexity index is 1990. The number of benzene rings is 1. The van der Waals surface area contributed by atoms with Crippen LogP contribution in [0.4, 0.5) is 19.4 Å². The Morgan fingerprint density at radius 1 is 1.19 bits per heavy atom. The van der Waals surface area contributed by atoms with Crippen LogP contribution < -0.4 is 15.0 Å². The number of anilines is 1. The summed E-state index contributed by atoms with van der Waals surface area (Å²) in [7, 11) is 0. The lowest BCUT2D eigenvalue weighted by Gasteiger charge is -2.34. The van der Waals surface area contributed by atoms with E-state index in [0.717, 1.165) is 49.8 Å². The van der Waals surface area contributed by atoms with Crippen LogP contribution in [-0.2, 0) is 4.74 Å².